The molecule has 2 fully saturated rings. The first-order valence-electron chi connectivity index (χ1n) is 8.99. The van der Waals surface area contributed by atoms with Gasteiger partial charge in [-0.05, 0) is 36.8 Å². The van der Waals surface area contributed by atoms with Gasteiger partial charge in [-0.1, -0.05) is 0 Å². The number of hydrogen-bond acceptors (Lipinski definition) is 7. The highest BCUT2D eigenvalue weighted by molar-refractivity contribution is 5.51. The molecular formula is C19H22N6O. The molecule has 0 spiro atoms. The lowest BCUT2D eigenvalue weighted by atomic mass is 10.2. The van der Waals surface area contributed by atoms with Crippen LogP contribution < -0.4 is 15.1 Å². The minimum absolute atomic E-state index is 0.311. The number of benzene rings is 1. The zero-order valence-electron chi connectivity index (χ0n) is 14.6. The predicted molar refractivity (Wildman–Crippen MR) is 100 cm³/mol. The monoisotopic (exact) mass is 350 g/mol. The van der Waals surface area contributed by atoms with E-state index < -0.39 is 0 Å². The molecule has 0 radical (unpaired) electrons. The summed E-state index contributed by atoms with van der Waals surface area (Å²) >= 11 is 0. The molecule has 2 aliphatic rings. The average Bonchev–Trinajstić information content (AvgIpc) is 3.17. The summed E-state index contributed by atoms with van der Waals surface area (Å²) in [6.45, 7) is 5.10. The second kappa shape index (κ2) is 7.58. The van der Waals surface area contributed by atoms with Gasteiger partial charge in [0.1, 0.15) is 5.82 Å². The molecular weight excluding hydrogens is 328 g/mol. The Morgan fingerprint density at radius 1 is 1.08 bits per heavy atom. The molecule has 7 heteroatoms. The normalized spacial score (nSPS) is 20.0. The van der Waals surface area contributed by atoms with Crippen molar-refractivity contribution < 1.29 is 4.74 Å². The highest BCUT2D eigenvalue weighted by atomic mass is 16.5. The molecule has 7 nitrogen and oxygen atoms in total. The Bertz CT molecular complexity index is 781. The van der Waals surface area contributed by atoms with Crippen LogP contribution in [0.4, 0.5) is 17.5 Å². The zero-order valence-corrected chi connectivity index (χ0v) is 14.6. The van der Waals surface area contributed by atoms with Crippen LogP contribution in [-0.4, -0.2) is 55.4 Å². The highest BCUT2D eigenvalue weighted by Gasteiger charge is 2.23. The van der Waals surface area contributed by atoms with Crippen LogP contribution in [0.3, 0.4) is 0 Å². The predicted octanol–water partition coefficient (Wildman–Crippen LogP) is 1.88. The van der Waals surface area contributed by atoms with Crippen LogP contribution in [0.1, 0.15) is 12.0 Å². The van der Waals surface area contributed by atoms with Crippen LogP contribution in [0.2, 0.25) is 0 Å². The van der Waals surface area contributed by atoms with E-state index >= 15 is 0 Å². The topological polar surface area (TPSA) is 77.3 Å². The Morgan fingerprint density at radius 3 is 2.65 bits per heavy atom. The number of ether oxygens (including phenoxy) is 1. The molecule has 1 aromatic carbocycles. The molecule has 1 aromatic heterocycles. The summed E-state index contributed by atoms with van der Waals surface area (Å²) in [5.74, 6) is 1.63. The Balaban J connectivity index is 1.38. The summed E-state index contributed by atoms with van der Waals surface area (Å²) in [7, 11) is 0. The van der Waals surface area contributed by atoms with Gasteiger partial charge in [0.05, 0.1) is 24.8 Å². The Hall–Kier alpha value is -2.85. The maximum absolute atomic E-state index is 8.92. The zero-order chi connectivity index (χ0) is 17.8. The summed E-state index contributed by atoms with van der Waals surface area (Å²) in [4.78, 5) is 13.6. The molecule has 0 bridgehead atoms. The van der Waals surface area contributed by atoms with Crippen LogP contribution in [0.5, 0.6) is 0 Å². The van der Waals surface area contributed by atoms with Crippen molar-refractivity contribution in [2.75, 3.05) is 54.5 Å². The summed E-state index contributed by atoms with van der Waals surface area (Å²) in [6.07, 6.45) is 2.85. The van der Waals surface area contributed by atoms with Crippen LogP contribution in [0.15, 0.2) is 36.5 Å². The van der Waals surface area contributed by atoms with E-state index in [-0.39, 0.29) is 0 Å². The lowest BCUT2D eigenvalue weighted by molar-refractivity contribution is 0.122. The third kappa shape index (κ3) is 3.70. The van der Waals surface area contributed by atoms with Gasteiger partial charge in [-0.25, -0.2) is 4.98 Å². The largest absolute Gasteiger partial charge is 0.378 e. The van der Waals surface area contributed by atoms with E-state index in [9.17, 15) is 0 Å². The summed E-state index contributed by atoms with van der Waals surface area (Å²) in [5, 5.41) is 12.4. The van der Waals surface area contributed by atoms with Crippen molar-refractivity contribution in [1.82, 2.24) is 9.97 Å². The minimum Gasteiger partial charge on any atom is -0.378 e. The third-order valence-electron chi connectivity index (χ3n) is 4.86. The van der Waals surface area contributed by atoms with Gasteiger partial charge in [-0.15, -0.1) is 0 Å². The van der Waals surface area contributed by atoms with Crippen LogP contribution in [-0.2, 0) is 4.74 Å². The summed E-state index contributed by atoms with van der Waals surface area (Å²) in [6, 6.07) is 12.2. The van der Waals surface area contributed by atoms with Crippen molar-refractivity contribution in [1.29, 1.82) is 5.26 Å². The molecule has 134 valence electrons. The van der Waals surface area contributed by atoms with Crippen LogP contribution in [0, 0.1) is 11.3 Å². The first kappa shape index (κ1) is 16.6. The van der Waals surface area contributed by atoms with Crippen molar-refractivity contribution >= 4 is 17.5 Å². The number of nitrogens with zero attached hydrogens (tertiary/aromatic N) is 5. The molecule has 2 aliphatic heterocycles. The molecule has 0 saturated carbocycles. The first-order chi connectivity index (χ1) is 12.8. The number of nitrogens with one attached hydrogen (secondary N) is 1. The fourth-order valence-electron chi connectivity index (χ4n) is 3.43. The molecule has 0 amide bonds. The smallest absolute Gasteiger partial charge is 0.224 e. The molecule has 2 saturated heterocycles. The average molecular weight is 350 g/mol. The molecule has 1 atom stereocenters. The standard InChI is InChI=1S/C19H22N6O/c20-13-15-1-3-17(4-2-15)25-8-6-16(14-25)22-19-21-7-5-18(23-19)24-9-11-26-12-10-24/h1-5,7,16H,6,8-12,14H2,(H,21,22,23). The van der Waals surface area contributed by atoms with Crippen molar-refractivity contribution in [3.05, 3.63) is 42.1 Å². The van der Waals surface area contributed by atoms with E-state index in [1.165, 1.54) is 0 Å². The van der Waals surface area contributed by atoms with Crippen molar-refractivity contribution in [2.24, 2.45) is 0 Å². The maximum Gasteiger partial charge on any atom is 0.224 e. The third-order valence-corrected chi connectivity index (χ3v) is 4.86. The number of rotatable bonds is 4. The summed E-state index contributed by atoms with van der Waals surface area (Å²) < 4.78 is 5.40. The highest BCUT2D eigenvalue weighted by Crippen LogP contribution is 2.22. The molecule has 3 heterocycles. The minimum atomic E-state index is 0.311. The van der Waals surface area contributed by atoms with Gasteiger partial charge in [0.15, 0.2) is 0 Å². The summed E-state index contributed by atoms with van der Waals surface area (Å²) in [5.41, 5.74) is 1.84. The Labute approximate surface area is 153 Å². The Kier molecular flexibility index (Phi) is 4.84. The second-order valence-electron chi connectivity index (χ2n) is 6.57. The second-order valence-corrected chi connectivity index (χ2v) is 6.57. The molecule has 1 unspecified atom stereocenters. The number of morpholine rings is 1. The van der Waals surface area contributed by atoms with Gasteiger partial charge in [-0.3, -0.25) is 0 Å². The van der Waals surface area contributed by atoms with Crippen LogP contribution >= 0.6 is 0 Å². The SMILES string of the molecule is N#Cc1ccc(N2CCC(Nc3nccc(N4CCOCC4)n3)C2)cc1. The Morgan fingerprint density at radius 2 is 1.88 bits per heavy atom. The van der Waals surface area contributed by atoms with Gasteiger partial charge in [0.25, 0.3) is 0 Å². The lowest BCUT2D eigenvalue weighted by Gasteiger charge is -2.28. The van der Waals surface area contributed by atoms with Gasteiger partial charge < -0.3 is 19.9 Å². The van der Waals surface area contributed by atoms with Gasteiger partial charge in [0, 0.05) is 44.1 Å². The number of nitriles is 1. The van der Waals surface area contributed by atoms with Gasteiger partial charge in [-0.2, -0.15) is 10.2 Å². The molecule has 0 aliphatic carbocycles. The van der Waals surface area contributed by atoms with Gasteiger partial charge >= 0.3 is 0 Å². The van der Waals surface area contributed by atoms with Crippen molar-refractivity contribution in [3.8, 4) is 6.07 Å². The van der Waals surface area contributed by atoms with Crippen molar-refractivity contribution in [2.45, 2.75) is 12.5 Å². The van der Waals surface area contributed by atoms with E-state index in [4.69, 9.17) is 10.00 Å². The molecule has 4 rings (SSSR count). The quantitative estimate of drug-likeness (QED) is 0.902. The lowest BCUT2D eigenvalue weighted by Crippen LogP contribution is -2.37. The van der Waals surface area contributed by atoms with E-state index in [1.54, 1.807) is 0 Å². The van der Waals surface area contributed by atoms with E-state index in [2.05, 4.69) is 31.2 Å². The molecule has 26 heavy (non-hydrogen) atoms. The van der Waals surface area contributed by atoms with Crippen molar-refractivity contribution in [3.63, 3.8) is 0 Å². The van der Waals surface area contributed by atoms with Crippen LogP contribution in [0.25, 0.3) is 0 Å². The van der Waals surface area contributed by atoms with E-state index in [1.807, 2.05) is 36.5 Å². The van der Waals surface area contributed by atoms with E-state index in [0.29, 0.717) is 17.6 Å². The first-order valence-corrected chi connectivity index (χ1v) is 8.99. The molecule has 1 N–H and O–H groups in total. The number of hydrogen-bond donors (Lipinski definition) is 1. The van der Waals surface area contributed by atoms with Gasteiger partial charge in [0.2, 0.25) is 5.95 Å². The fraction of sp³-hybridized carbons (Fsp3) is 0.421. The van der Waals surface area contributed by atoms with E-state index in [0.717, 1.165) is 57.3 Å². The number of anilines is 3. The maximum atomic E-state index is 8.92. The fourth-order valence-corrected chi connectivity index (χ4v) is 3.43. The molecule has 2 aromatic rings. The number of aromatic nitrogens is 2.